The van der Waals surface area contributed by atoms with E-state index in [2.05, 4.69) is 26.3 Å². The predicted octanol–water partition coefficient (Wildman–Crippen LogP) is -0.127. The van der Waals surface area contributed by atoms with Gasteiger partial charge >= 0.3 is 0 Å². The molecule has 0 N–H and O–H groups in total. The minimum atomic E-state index is -5.19. The topological polar surface area (TPSA) is 137 Å². The molecule has 0 aromatic heterocycles. The van der Waals surface area contributed by atoms with Crippen LogP contribution in [0.25, 0.3) is 0 Å². The van der Waals surface area contributed by atoms with Gasteiger partial charge in [-0.15, -0.1) is 0 Å². The van der Waals surface area contributed by atoms with Gasteiger partial charge in [0.15, 0.2) is 9.84 Å². The van der Waals surface area contributed by atoms with Gasteiger partial charge in [-0.1, -0.05) is 26.3 Å². The van der Waals surface area contributed by atoms with E-state index in [1.165, 1.54) is 0 Å². The largest absolute Gasteiger partial charge is 0.297 e. The van der Waals surface area contributed by atoms with Crippen LogP contribution in [0.2, 0.25) is 0 Å². The molecule has 12 heteroatoms. The summed E-state index contributed by atoms with van der Waals surface area (Å²) in [5, 5.41) is 0.396. The van der Waals surface area contributed by atoms with Gasteiger partial charge in [-0.25, -0.2) is 33.7 Å². The third kappa shape index (κ3) is 3.09. The Kier molecular flexibility index (Phi) is 5.76. The standard InChI is InChI=1S/C10H14O8S4/c1-5-19(11,12)9-10(20(13,14)6-2,21(15,16)7-3)22(17,18)8-4/h5-8H,1-4,9H2. The van der Waals surface area contributed by atoms with Crippen LogP contribution in [0, 0.1) is 0 Å². The molecule has 0 bridgehead atoms. The van der Waals surface area contributed by atoms with Crippen LogP contribution in [0.4, 0.5) is 0 Å². The van der Waals surface area contributed by atoms with Gasteiger partial charge in [0.25, 0.3) is 3.41 Å². The molecule has 0 aromatic carbocycles. The van der Waals surface area contributed by atoms with Crippen LogP contribution < -0.4 is 0 Å². The van der Waals surface area contributed by atoms with Crippen LogP contribution >= 0.6 is 0 Å². The Labute approximate surface area is 130 Å². The maximum absolute atomic E-state index is 12.2. The van der Waals surface area contributed by atoms with E-state index in [1.807, 2.05) is 0 Å². The van der Waals surface area contributed by atoms with Crippen molar-refractivity contribution in [2.24, 2.45) is 0 Å². The number of rotatable bonds is 9. The predicted molar refractivity (Wildman–Crippen MR) is 84.1 cm³/mol. The van der Waals surface area contributed by atoms with Crippen molar-refractivity contribution in [3.05, 3.63) is 47.9 Å². The average molecular weight is 390 g/mol. The molecule has 0 aliphatic rings. The van der Waals surface area contributed by atoms with Crippen LogP contribution in [0.15, 0.2) is 47.9 Å². The molecule has 0 amide bonds. The molecule has 0 aliphatic heterocycles. The van der Waals surface area contributed by atoms with Crippen LogP contribution in [0.5, 0.6) is 0 Å². The fourth-order valence-electron chi connectivity index (χ4n) is 1.42. The highest BCUT2D eigenvalue weighted by Gasteiger charge is 2.64. The molecule has 0 atom stereocenters. The molecule has 0 heterocycles. The molecule has 0 unspecified atom stereocenters. The highest BCUT2D eigenvalue weighted by Crippen LogP contribution is 2.36. The number of hydrogen-bond acceptors (Lipinski definition) is 8. The maximum atomic E-state index is 12.2. The fraction of sp³-hybridized carbons (Fsp3) is 0.200. The summed E-state index contributed by atoms with van der Waals surface area (Å²) in [6, 6.07) is 0. The first-order valence-electron chi connectivity index (χ1n) is 5.16. The summed E-state index contributed by atoms with van der Waals surface area (Å²) in [5.41, 5.74) is 0. The van der Waals surface area contributed by atoms with Crippen molar-refractivity contribution in [1.29, 1.82) is 0 Å². The van der Waals surface area contributed by atoms with E-state index in [4.69, 9.17) is 0 Å². The van der Waals surface area contributed by atoms with Crippen LogP contribution in [-0.2, 0) is 39.3 Å². The van der Waals surface area contributed by atoms with Gasteiger partial charge in [0, 0.05) is 21.6 Å². The molecule has 0 fully saturated rings. The van der Waals surface area contributed by atoms with Crippen molar-refractivity contribution >= 4 is 39.3 Å². The molecule has 126 valence electrons. The van der Waals surface area contributed by atoms with Gasteiger partial charge in [0.05, 0.1) is 0 Å². The van der Waals surface area contributed by atoms with Gasteiger partial charge in [0.1, 0.15) is 5.75 Å². The minimum absolute atomic E-state index is 0.0493. The molecule has 22 heavy (non-hydrogen) atoms. The van der Waals surface area contributed by atoms with E-state index in [0.29, 0.717) is 0 Å². The second-order valence-corrected chi connectivity index (χ2v) is 12.9. The summed E-state index contributed by atoms with van der Waals surface area (Å²) >= 11 is 0. The first kappa shape index (κ1) is 20.8. The van der Waals surface area contributed by atoms with Gasteiger partial charge < -0.3 is 0 Å². The van der Waals surface area contributed by atoms with Crippen molar-refractivity contribution in [3.63, 3.8) is 0 Å². The molecular formula is C10H14O8S4. The molecular weight excluding hydrogens is 376 g/mol. The SMILES string of the molecule is C=CS(=O)(=O)CC(S(=O)(=O)C=C)(S(=O)(=O)C=C)S(=O)(=O)C=C. The summed E-state index contributed by atoms with van der Waals surface area (Å²) in [6.45, 7) is 11.4. The van der Waals surface area contributed by atoms with E-state index >= 15 is 0 Å². The molecule has 0 saturated carbocycles. The number of sulfone groups is 4. The molecule has 0 rings (SSSR count). The molecule has 0 aliphatic carbocycles. The minimum Gasteiger partial charge on any atom is -0.224 e. The summed E-state index contributed by atoms with van der Waals surface area (Å²) in [5.74, 6) is -1.81. The molecule has 0 spiro atoms. The lowest BCUT2D eigenvalue weighted by Gasteiger charge is -2.27. The Morgan fingerprint density at radius 2 is 0.864 bits per heavy atom. The van der Waals surface area contributed by atoms with Crippen LogP contribution in [-0.4, -0.2) is 42.8 Å². The van der Waals surface area contributed by atoms with Crippen LogP contribution in [0.3, 0.4) is 0 Å². The Balaban J connectivity index is 7.51. The lowest BCUT2D eigenvalue weighted by Crippen LogP contribution is -2.54. The molecule has 0 saturated heterocycles. The maximum Gasteiger partial charge on any atom is 0.297 e. The molecule has 8 nitrogen and oxygen atoms in total. The smallest absolute Gasteiger partial charge is 0.224 e. The highest BCUT2D eigenvalue weighted by atomic mass is 32.3. The molecule has 0 aromatic rings. The van der Waals surface area contributed by atoms with E-state index < -0.39 is 48.5 Å². The lowest BCUT2D eigenvalue weighted by molar-refractivity contribution is 0.560. The normalized spacial score (nSPS) is 14.0. The Morgan fingerprint density at radius 1 is 0.591 bits per heavy atom. The summed E-state index contributed by atoms with van der Waals surface area (Å²) in [7, 11) is -20.1. The lowest BCUT2D eigenvalue weighted by atomic mass is 10.9. The average Bonchev–Trinajstić information content (AvgIpc) is 2.43. The fourth-order valence-corrected chi connectivity index (χ4v) is 11.4. The second kappa shape index (κ2) is 6.10. The Bertz CT molecular complexity index is 822. The van der Waals surface area contributed by atoms with Crippen molar-refractivity contribution in [3.8, 4) is 0 Å². The van der Waals surface area contributed by atoms with Crippen molar-refractivity contribution in [2.75, 3.05) is 5.75 Å². The summed E-state index contributed by atoms with van der Waals surface area (Å²) in [4.78, 5) is 0. The Morgan fingerprint density at radius 3 is 1.05 bits per heavy atom. The van der Waals surface area contributed by atoms with Gasteiger partial charge in [-0.05, 0) is 0 Å². The zero-order chi connectivity index (χ0) is 18.0. The first-order chi connectivity index (χ1) is 9.70. The van der Waals surface area contributed by atoms with Crippen LogP contribution in [0.1, 0.15) is 0 Å². The van der Waals surface area contributed by atoms with E-state index in [-0.39, 0.29) is 21.6 Å². The number of hydrogen-bond donors (Lipinski definition) is 0. The second-order valence-electron chi connectivity index (χ2n) is 3.79. The van der Waals surface area contributed by atoms with Crippen molar-refractivity contribution in [2.45, 2.75) is 3.41 Å². The van der Waals surface area contributed by atoms with E-state index in [0.717, 1.165) is 0 Å². The third-order valence-electron chi connectivity index (χ3n) is 2.59. The van der Waals surface area contributed by atoms with Crippen molar-refractivity contribution < 1.29 is 33.7 Å². The third-order valence-corrected chi connectivity index (χ3v) is 13.0. The zero-order valence-electron chi connectivity index (χ0n) is 11.2. The Hall–Kier alpha value is -1.24. The molecule has 0 radical (unpaired) electrons. The van der Waals surface area contributed by atoms with E-state index in [9.17, 15) is 33.7 Å². The van der Waals surface area contributed by atoms with E-state index in [1.54, 1.807) is 0 Å². The first-order valence-corrected chi connectivity index (χ1v) is 11.5. The highest BCUT2D eigenvalue weighted by molar-refractivity contribution is 8.29. The summed E-state index contributed by atoms with van der Waals surface area (Å²) < 4.78 is 92.5. The van der Waals surface area contributed by atoms with Gasteiger partial charge in [-0.3, -0.25) is 0 Å². The quantitative estimate of drug-likeness (QED) is 0.531. The monoisotopic (exact) mass is 390 g/mol. The van der Waals surface area contributed by atoms with Gasteiger partial charge in [-0.2, -0.15) is 0 Å². The summed E-state index contributed by atoms with van der Waals surface area (Å²) in [6.07, 6.45) is 0. The zero-order valence-corrected chi connectivity index (χ0v) is 14.5. The van der Waals surface area contributed by atoms with Gasteiger partial charge in [0.2, 0.25) is 29.5 Å². The van der Waals surface area contributed by atoms with Crippen molar-refractivity contribution in [1.82, 2.24) is 0 Å².